The van der Waals surface area contributed by atoms with Crippen LogP contribution in [0, 0.1) is 0 Å². The van der Waals surface area contributed by atoms with Crippen LogP contribution in [0.3, 0.4) is 0 Å². The Balaban J connectivity index is 1.23. The van der Waals surface area contributed by atoms with E-state index in [2.05, 4.69) is 26.6 Å². The van der Waals surface area contributed by atoms with Crippen LogP contribution in [0.1, 0.15) is 52.1 Å². The van der Waals surface area contributed by atoms with Crippen molar-refractivity contribution in [1.29, 1.82) is 0 Å². The molecule has 1 aliphatic carbocycles. The van der Waals surface area contributed by atoms with Crippen molar-refractivity contribution in [1.82, 2.24) is 25.1 Å². The van der Waals surface area contributed by atoms with E-state index in [1.807, 2.05) is 29.8 Å². The summed E-state index contributed by atoms with van der Waals surface area (Å²) in [7, 11) is 1.93. The number of aromatic nitrogens is 4. The van der Waals surface area contributed by atoms with Crippen molar-refractivity contribution in [2.24, 2.45) is 7.05 Å². The molecule has 2 aromatic heterocycles. The van der Waals surface area contributed by atoms with E-state index >= 15 is 0 Å². The molecule has 3 aliphatic rings. The molecule has 0 spiro atoms. The first-order valence-corrected chi connectivity index (χ1v) is 12.7. The molecule has 3 aromatic rings. The Bertz CT molecular complexity index is 1310. The summed E-state index contributed by atoms with van der Waals surface area (Å²) in [5, 5.41) is 22.1. The summed E-state index contributed by atoms with van der Waals surface area (Å²) in [6, 6.07) is 9.93. The molecule has 0 bridgehead atoms. The predicted octanol–water partition coefficient (Wildman–Crippen LogP) is 2.54. The molecule has 2 aliphatic heterocycles. The summed E-state index contributed by atoms with van der Waals surface area (Å²) < 4.78 is 7.53. The third-order valence-electron chi connectivity index (χ3n) is 7.75. The Morgan fingerprint density at radius 1 is 1.25 bits per heavy atom. The van der Waals surface area contributed by atoms with Gasteiger partial charge in [-0.25, -0.2) is 4.98 Å². The standard InChI is InChI=1S/C26H29ClN6O3/c1-32-15-29-31-24(32)10-26(13-36-14-26)18-6-5-17-12-33(25(35)19(17)9-18)23-8-16(7-22(27)30-23)11-28-20-3-2-4-21(20)34/h5-9,15,20-21,28,34H,2-4,10-14H2,1H3. The number of carbonyl (C=O) groups is 1. The fourth-order valence-electron chi connectivity index (χ4n) is 5.51. The second-order valence-corrected chi connectivity index (χ2v) is 10.6. The van der Waals surface area contributed by atoms with E-state index in [4.69, 9.17) is 16.3 Å². The highest BCUT2D eigenvalue weighted by Gasteiger charge is 2.43. The van der Waals surface area contributed by atoms with E-state index < -0.39 is 0 Å². The summed E-state index contributed by atoms with van der Waals surface area (Å²) in [5.74, 6) is 1.34. The Kier molecular flexibility index (Phi) is 6.03. The van der Waals surface area contributed by atoms with Gasteiger partial charge in [0.15, 0.2) is 0 Å². The molecule has 1 saturated carbocycles. The lowest BCUT2D eigenvalue weighted by molar-refractivity contribution is -0.0611. The smallest absolute Gasteiger partial charge is 0.260 e. The van der Waals surface area contributed by atoms with Crippen LogP contribution in [0.5, 0.6) is 0 Å². The molecule has 0 radical (unpaired) electrons. The van der Waals surface area contributed by atoms with Crippen molar-refractivity contribution < 1.29 is 14.6 Å². The number of nitrogens with zero attached hydrogens (tertiary/aromatic N) is 5. The van der Waals surface area contributed by atoms with E-state index in [0.29, 0.717) is 49.3 Å². The molecule has 1 saturated heterocycles. The van der Waals surface area contributed by atoms with E-state index in [0.717, 1.165) is 41.8 Å². The highest BCUT2D eigenvalue weighted by Crippen LogP contribution is 2.38. The Labute approximate surface area is 214 Å². The van der Waals surface area contributed by atoms with Crippen molar-refractivity contribution >= 4 is 23.3 Å². The number of hydrogen-bond acceptors (Lipinski definition) is 7. The minimum Gasteiger partial charge on any atom is -0.392 e. The second kappa shape index (κ2) is 9.23. The number of benzene rings is 1. The number of ether oxygens (including phenoxy) is 1. The third kappa shape index (κ3) is 4.20. The summed E-state index contributed by atoms with van der Waals surface area (Å²) >= 11 is 6.35. The van der Waals surface area contributed by atoms with Crippen LogP contribution in [-0.2, 0) is 36.7 Å². The number of anilines is 1. The van der Waals surface area contributed by atoms with Crippen molar-refractivity contribution in [2.45, 2.75) is 56.3 Å². The van der Waals surface area contributed by atoms with E-state index in [-0.39, 0.29) is 23.5 Å². The fraction of sp³-hybridized carbons (Fsp3) is 0.462. The lowest BCUT2D eigenvalue weighted by atomic mass is 9.75. The molecule has 2 unspecified atom stereocenters. The minimum atomic E-state index is -0.316. The quantitative estimate of drug-likeness (QED) is 0.472. The van der Waals surface area contributed by atoms with Crippen LogP contribution in [-0.4, -0.2) is 56.1 Å². The number of aliphatic hydroxyl groups excluding tert-OH is 1. The van der Waals surface area contributed by atoms with Crippen molar-refractivity contribution in [3.05, 3.63) is 69.9 Å². The van der Waals surface area contributed by atoms with E-state index in [1.165, 1.54) is 0 Å². The average Bonchev–Trinajstić information content (AvgIpc) is 3.53. The van der Waals surface area contributed by atoms with Gasteiger partial charge < -0.3 is 19.7 Å². The normalized spacial score (nSPS) is 22.6. The Morgan fingerprint density at radius 3 is 2.81 bits per heavy atom. The maximum Gasteiger partial charge on any atom is 0.260 e. The number of aliphatic hydroxyl groups is 1. The first kappa shape index (κ1) is 23.5. The SMILES string of the molecule is Cn1cnnc1CC1(c2ccc3c(c2)C(=O)N(c2cc(CNC4CCCC4O)cc(Cl)n2)C3)COC1. The molecule has 2 atom stereocenters. The van der Waals surface area contributed by atoms with E-state index in [1.54, 1.807) is 17.3 Å². The number of halogens is 1. The van der Waals surface area contributed by atoms with Crippen molar-refractivity contribution in [3.8, 4) is 0 Å². The summed E-state index contributed by atoms with van der Waals surface area (Å²) in [6.45, 7) is 2.17. The van der Waals surface area contributed by atoms with Gasteiger partial charge in [0.05, 0.1) is 25.9 Å². The number of pyridine rings is 1. The van der Waals surface area contributed by atoms with Gasteiger partial charge in [0.1, 0.15) is 23.1 Å². The number of amides is 1. The van der Waals surface area contributed by atoms with Gasteiger partial charge in [0.2, 0.25) is 0 Å². The van der Waals surface area contributed by atoms with Gasteiger partial charge >= 0.3 is 0 Å². The maximum atomic E-state index is 13.5. The van der Waals surface area contributed by atoms with Gasteiger partial charge in [0, 0.05) is 37.0 Å². The molecule has 6 rings (SSSR count). The highest BCUT2D eigenvalue weighted by molar-refractivity contribution is 6.29. The third-order valence-corrected chi connectivity index (χ3v) is 7.94. The van der Waals surface area contributed by atoms with Crippen LogP contribution in [0.2, 0.25) is 5.15 Å². The van der Waals surface area contributed by atoms with Crippen LogP contribution in [0.15, 0.2) is 36.7 Å². The van der Waals surface area contributed by atoms with Crippen molar-refractivity contribution in [2.75, 3.05) is 18.1 Å². The summed E-state index contributed by atoms with van der Waals surface area (Å²) in [5.41, 5.74) is 3.44. The number of hydrogen-bond donors (Lipinski definition) is 2. The topological polar surface area (TPSA) is 105 Å². The number of aryl methyl sites for hydroxylation is 1. The number of fused-ring (bicyclic) bond motifs is 1. The summed E-state index contributed by atoms with van der Waals surface area (Å²) in [6.07, 6.45) is 4.89. The van der Waals surface area contributed by atoms with Gasteiger partial charge in [-0.3, -0.25) is 9.69 Å². The number of nitrogens with one attached hydrogen (secondary N) is 1. The molecule has 1 aromatic carbocycles. The molecular formula is C26H29ClN6O3. The highest BCUT2D eigenvalue weighted by atomic mass is 35.5. The first-order chi connectivity index (χ1) is 17.4. The lowest BCUT2D eigenvalue weighted by Gasteiger charge is -2.41. The number of carbonyl (C=O) groups excluding carboxylic acids is 1. The summed E-state index contributed by atoms with van der Waals surface area (Å²) in [4.78, 5) is 19.7. The molecule has 10 heteroatoms. The van der Waals surface area contributed by atoms with Gasteiger partial charge in [-0.1, -0.05) is 23.7 Å². The van der Waals surface area contributed by atoms with Crippen LogP contribution in [0.4, 0.5) is 5.82 Å². The van der Waals surface area contributed by atoms with E-state index in [9.17, 15) is 9.90 Å². The molecular weight excluding hydrogens is 480 g/mol. The van der Waals surface area contributed by atoms with Gasteiger partial charge in [-0.15, -0.1) is 10.2 Å². The second-order valence-electron chi connectivity index (χ2n) is 10.2. The maximum absolute atomic E-state index is 13.5. The zero-order valence-corrected chi connectivity index (χ0v) is 20.9. The fourth-order valence-corrected chi connectivity index (χ4v) is 5.73. The monoisotopic (exact) mass is 508 g/mol. The Hall–Kier alpha value is -2.85. The predicted molar refractivity (Wildman–Crippen MR) is 134 cm³/mol. The van der Waals surface area contributed by atoms with Crippen LogP contribution >= 0.6 is 11.6 Å². The average molecular weight is 509 g/mol. The minimum absolute atomic E-state index is 0.0826. The molecule has 188 valence electrons. The largest absolute Gasteiger partial charge is 0.392 e. The zero-order chi connectivity index (χ0) is 24.9. The first-order valence-electron chi connectivity index (χ1n) is 12.4. The molecule has 36 heavy (non-hydrogen) atoms. The number of rotatable bonds is 7. The van der Waals surface area contributed by atoms with Crippen molar-refractivity contribution in [3.63, 3.8) is 0 Å². The van der Waals surface area contributed by atoms with Crippen LogP contribution < -0.4 is 10.2 Å². The molecule has 9 nitrogen and oxygen atoms in total. The molecule has 1 amide bonds. The molecule has 2 N–H and O–H groups in total. The van der Waals surface area contributed by atoms with Gasteiger partial charge in [-0.2, -0.15) is 0 Å². The molecule has 4 heterocycles. The van der Waals surface area contributed by atoms with Gasteiger partial charge in [0.25, 0.3) is 5.91 Å². The zero-order valence-electron chi connectivity index (χ0n) is 20.2. The lowest BCUT2D eigenvalue weighted by Crippen LogP contribution is -2.49. The van der Waals surface area contributed by atoms with Crippen LogP contribution in [0.25, 0.3) is 0 Å². The van der Waals surface area contributed by atoms with Gasteiger partial charge in [-0.05, 0) is 54.2 Å². The Morgan fingerprint density at radius 2 is 2.11 bits per heavy atom. The molecule has 2 fully saturated rings.